The highest BCUT2D eigenvalue weighted by atomic mass is 32.1. The minimum atomic E-state index is -0.888. The maximum absolute atomic E-state index is 13.0. The maximum Gasteiger partial charge on any atom is 0.245 e. The summed E-state index contributed by atoms with van der Waals surface area (Å²) in [6.07, 6.45) is 2.00. The molecule has 122 valence electrons. The summed E-state index contributed by atoms with van der Waals surface area (Å²) in [7, 11) is 0. The van der Waals surface area contributed by atoms with Crippen molar-refractivity contribution in [1.29, 1.82) is 0 Å². The van der Waals surface area contributed by atoms with E-state index in [1.165, 1.54) is 0 Å². The molecule has 4 rings (SSSR count). The first-order valence-corrected chi connectivity index (χ1v) is 8.88. The number of nitrogens with two attached hydrogens (primary N) is 1. The average Bonchev–Trinajstić information content (AvgIpc) is 3.01. The molecule has 3 atom stereocenters. The molecule has 6 heteroatoms. The third-order valence-corrected chi connectivity index (χ3v) is 6.44. The number of rotatable bonds is 2. The molecule has 2 aliphatic rings. The predicted molar refractivity (Wildman–Crippen MR) is 91.4 cm³/mol. The van der Waals surface area contributed by atoms with Gasteiger partial charge < -0.3 is 15.8 Å². The van der Waals surface area contributed by atoms with Gasteiger partial charge in [0.1, 0.15) is 5.54 Å². The number of nitrogens with one attached hydrogen (secondary N) is 1. The molecule has 1 aromatic heterocycles. The number of fused-ring (bicyclic) bond motifs is 2. The molecule has 1 aliphatic heterocycles. The monoisotopic (exact) mass is 331 g/mol. The van der Waals surface area contributed by atoms with E-state index in [1.54, 1.807) is 16.8 Å². The van der Waals surface area contributed by atoms with Crippen molar-refractivity contribution < 1.29 is 9.53 Å². The Hall–Kier alpha value is -1.50. The van der Waals surface area contributed by atoms with Crippen molar-refractivity contribution in [2.75, 3.05) is 11.9 Å². The molecular weight excluding hydrogens is 310 g/mol. The van der Waals surface area contributed by atoms with Crippen molar-refractivity contribution in [3.8, 4) is 0 Å². The first kappa shape index (κ1) is 15.1. The number of thiazole rings is 1. The number of benzene rings is 1. The summed E-state index contributed by atoms with van der Waals surface area (Å²) in [6.45, 7) is 4.83. The van der Waals surface area contributed by atoms with Gasteiger partial charge in [-0.3, -0.25) is 4.79 Å². The Morgan fingerprint density at radius 1 is 1.48 bits per heavy atom. The lowest BCUT2D eigenvalue weighted by molar-refractivity contribution is -0.222. The molecular formula is C17H21N3O2S. The van der Waals surface area contributed by atoms with Gasteiger partial charge >= 0.3 is 0 Å². The Kier molecular flexibility index (Phi) is 3.27. The number of amides is 1. The van der Waals surface area contributed by atoms with Gasteiger partial charge in [-0.25, -0.2) is 4.98 Å². The standard InChI is InChI=1S/C17H21N3O2S/c1-16(2)14-11(4-3-7-22-14)17(16,18)15(21)20-10-5-6-12-13(8-10)23-9-19-12/h5-6,8-9,11,14H,3-4,7,18H2,1-2H3,(H,20,21). The topological polar surface area (TPSA) is 77.2 Å². The molecule has 2 fully saturated rings. The van der Waals surface area contributed by atoms with Gasteiger partial charge in [-0.1, -0.05) is 13.8 Å². The molecule has 1 saturated carbocycles. The first-order chi connectivity index (χ1) is 10.9. The van der Waals surface area contributed by atoms with E-state index in [1.807, 2.05) is 32.0 Å². The van der Waals surface area contributed by atoms with Gasteiger partial charge in [0.05, 0.1) is 21.8 Å². The molecule has 0 radical (unpaired) electrons. The van der Waals surface area contributed by atoms with Crippen molar-refractivity contribution >= 4 is 33.1 Å². The number of anilines is 1. The first-order valence-electron chi connectivity index (χ1n) is 8.00. The normalized spacial score (nSPS) is 32.1. The van der Waals surface area contributed by atoms with Crippen LogP contribution >= 0.6 is 11.3 Å². The zero-order valence-electron chi connectivity index (χ0n) is 13.3. The number of aromatic nitrogens is 1. The van der Waals surface area contributed by atoms with Crippen LogP contribution in [0.25, 0.3) is 10.2 Å². The summed E-state index contributed by atoms with van der Waals surface area (Å²) in [5.74, 6) is -0.0171. The molecule has 1 aliphatic carbocycles. The lowest BCUT2D eigenvalue weighted by atomic mass is 9.46. The summed E-state index contributed by atoms with van der Waals surface area (Å²) in [6, 6.07) is 5.75. The number of hydrogen-bond acceptors (Lipinski definition) is 5. The summed E-state index contributed by atoms with van der Waals surface area (Å²) in [5, 5.41) is 3.01. The molecule has 23 heavy (non-hydrogen) atoms. The van der Waals surface area contributed by atoms with Crippen molar-refractivity contribution in [3.05, 3.63) is 23.7 Å². The van der Waals surface area contributed by atoms with Crippen LogP contribution in [0.1, 0.15) is 26.7 Å². The Labute approximate surface area is 139 Å². The van der Waals surface area contributed by atoms with E-state index in [9.17, 15) is 4.79 Å². The van der Waals surface area contributed by atoms with E-state index >= 15 is 0 Å². The Balaban J connectivity index is 1.60. The van der Waals surface area contributed by atoms with Crippen molar-refractivity contribution in [3.63, 3.8) is 0 Å². The van der Waals surface area contributed by atoms with Crippen LogP contribution in [0.2, 0.25) is 0 Å². The second-order valence-electron chi connectivity index (χ2n) is 7.12. The molecule has 5 nitrogen and oxygen atoms in total. The van der Waals surface area contributed by atoms with Crippen LogP contribution in [0.5, 0.6) is 0 Å². The Morgan fingerprint density at radius 3 is 3.13 bits per heavy atom. The summed E-state index contributed by atoms with van der Waals surface area (Å²) < 4.78 is 6.92. The Morgan fingerprint density at radius 2 is 2.30 bits per heavy atom. The molecule has 3 N–H and O–H groups in total. The molecule has 2 aromatic rings. The average molecular weight is 331 g/mol. The van der Waals surface area contributed by atoms with Crippen molar-refractivity contribution in [1.82, 2.24) is 4.98 Å². The predicted octanol–water partition coefficient (Wildman–Crippen LogP) is 2.77. The van der Waals surface area contributed by atoms with Gasteiger partial charge in [0.2, 0.25) is 5.91 Å². The smallest absolute Gasteiger partial charge is 0.245 e. The number of carbonyl (C=O) groups is 1. The fraction of sp³-hybridized carbons (Fsp3) is 0.529. The number of ether oxygens (including phenoxy) is 1. The lowest BCUT2D eigenvalue weighted by Crippen LogP contribution is -2.81. The minimum Gasteiger partial charge on any atom is -0.377 e. The van der Waals surface area contributed by atoms with Crippen LogP contribution in [-0.2, 0) is 9.53 Å². The molecule has 1 saturated heterocycles. The Bertz CT molecular complexity index is 772. The molecule has 2 heterocycles. The van der Waals surface area contributed by atoms with Crippen molar-refractivity contribution in [2.45, 2.75) is 38.3 Å². The summed E-state index contributed by atoms with van der Waals surface area (Å²) in [4.78, 5) is 17.2. The van der Waals surface area contributed by atoms with Crippen molar-refractivity contribution in [2.24, 2.45) is 17.1 Å². The number of hydrogen-bond donors (Lipinski definition) is 2. The third-order valence-electron chi connectivity index (χ3n) is 5.65. The van der Waals surface area contributed by atoms with E-state index in [-0.39, 0.29) is 23.3 Å². The quantitative estimate of drug-likeness (QED) is 0.887. The zero-order valence-corrected chi connectivity index (χ0v) is 14.2. The molecule has 1 amide bonds. The zero-order chi connectivity index (χ0) is 16.2. The molecule has 1 aromatic carbocycles. The number of carbonyl (C=O) groups excluding carboxylic acids is 1. The minimum absolute atomic E-state index is 0.0796. The second-order valence-corrected chi connectivity index (χ2v) is 8.01. The largest absolute Gasteiger partial charge is 0.377 e. The molecule has 0 bridgehead atoms. The van der Waals surface area contributed by atoms with Crippen LogP contribution < -0.4 is 11.1 Å². The van der Waals surface area contributed by atoms with E-state index in [4.69, 9.17) is 10.5 Å². The van der Waals surface area contributed by atoms with E-state index in [2.05, 4.69) is 10.3 Å². The van der Waals surface area contributed by atoms with E-state index in [0.717, 1.165) is 35.4 Å². The SMILES string of the molecule is CC1(C)C2OCCCC2C1(N)C(=O)Nc1ccc2ncsc2c1. The summed E-state index contributed by atoms with van der Waals surface area (Å²) >= 11 is 1.56. The van der Waals surface area contributed by atoms with Gasteiger partial charge in [-0.15, -0.1) is 11.3 Å². The van der Waals surface area contributed by atoms with E-state index < -0.39 is 5.54 Å². The van der Waals surface area contributed by atoms with Crippen LogP contribution in [0.15, 0.2) is 23.7 Å². The molecule has 0 spiro atoms. The van der Waals surface area contributed by atoms with Gasteiger partial charge in [0.25, 0.3) is 0 Å². The third kappa shape index (κ3) is 1.98. The highest BCUT2D eigenvalue weighted by molar-refractivity contribution is 7.16. The van der Waals surface area contributed by atoms with Gasteiger partial charge in [-0.2, -0.15) is 0 Å². The van der Waals surface area contributed by atoms with Gasteiger partial charge in [-0.05, 0) is 31.0 Å². The highest BCUT2D eigenvalue weighted by Crippen LogP contribution is 2.57. The highest BCUT2D eigenvalue weighted by Gasteiger charge is 2.70. The van der Waals surface area contributed by atoms with Crippen LogP contribution in [0.3, 0.4) is 0 Å². The fourth-order valence-corrected chi connectivity index (χ4v) is 4.92. The molecule has 3 unspecified atom stereocenters. The number of nitrogens with zero attached hydrogens (tertiary/aromatic N) is 1. The lowest BCUT2D eigenvalue weighted by Gasteiger charge is -2.65. The van der Waals surface area contributed by atoms with Crippen LogP contribution in [0.4, 0.5) is 5.69 Å². The van der Waals surface area contributed by atoms with Crippen LogP contribution in [-0.4, -0.2) is 29.1 Å². The fourth-order valence-electron chi connectivity index (χ4n) is 4.20. The second kappa shape index (κ2) is 5.00. The van der Waals surface area contributed by atoms with Gasteiger partial charge in [0, 0.05) is 23.6 Å². The van der Waals surface area contributed by atoms with E-state index in [0.29, 0.717) is 0 Å². The summed E-state index contributed by atoms with van der Waals surface area (Å²) in [5.41, 5.74) is 8.89. The van der Waals surface area contributed by atoms with Gasteiger partial charge in [0.15, 0.2) is 0 Å². The maximum atomic E-state index is 13.0. The van der Waals surface area contributed by atoms with Crippen LogP contribution in [0, 0.1) is 11.3 Å².